The van der Waals surface area contributed by atoms with Gasteiger partial charge >= 0.3 is 37.7 Å². The van der Waals surface area contributed by atoms with E-state index in [1.54, 1.807) is 0 Å². The Kier molecular flexibility index (Phi) is 8.29. The second-order valence-electron chi connectivity index (χ2n) is 9.90. The molecule has 3 heteroatoms. The summed E-state index contributed by atoms with van der Waals surface area (Å²) < 4.78 is 0. The SMILES string of the molecule is CC1[C-]=C([Si](C)(C)C2=[C-]C(C)C=C2C(C)(C)C)C(C(C)(C)C)=C1.[Li+].[Li+]. The molecule has 0 bridgehead atoms. The Bertz CT molecular complexity index is 565. The molecule has 0 saturated heterocycles. The van der Waals surface area contributed by atoms with Crippen molar-refractivity contribution in [2.24, 2.45) is 22.7 Å². The third-order valence-corrected chi connectivity index (χ3v) is 8.31. The summed E-state index contributed by atoms with van der Waals surface area (Å²) >= 11 is 0. The zero-order chi connectivity index (χ0) is 17.8. The summed E-state index contributed by atoms with van der Waals surface area (Å²) in [4.78, 5) is 0. The van der Waals surface area contributed by atoms with Crippen molar-refractivity contribution in [2.75, 3.05) is 0 Å². The summed E-state index contributed by atoms with van der Waals surface area (Å²) in [5.74, 6) is 0.875. The molecule has 128 valence electrons. The maximum atomic E-state index is 3.81. The molecule has 0 aromatic rings. The molecule has 0 saturated carbocycles. The van der Waals surface area contributed by atoms with E-state index >= 15 is 0 Å². The summed E-state index contributed by atoms with van der Waals surface area (Å²) in [5.41, 5.74) is 3.41. The van der Waals surface area contributed by atoms with Crippen LogP contribution in [0, 0.1) is 34.8 Å². The van der Waals surface area contributed by atoms with E-state index in [1.165, 1.54) is 21.5 Å². The third-order valence-electron chi connectivity index (χ3n) is 4.98. The fourth-order valence-corrected chi connectivity index (χ4v) is 7.46. The molecule has 0 aliphatic heterocycles. The van der Waals surface area contributed by atoms with E-state index in [4.69, 9.17) is 0 Å². The van der Waals surface area contributed by atoms with Gasteiger partial charge in [-0.25, -0.2) is 10.4 Å². The summed E-state index contributed by atoms with van der Waals surface area (Å²) in [6, 6.07) is 0. The molecule has 0 radical (unpaired) electrons. The maximum Gasteiger partial charge on any atom is 1.00 e. The first-order valence-corrected chi connectivity index (χ1v) is 12.0. The third kappa shape index (κ3) is 5.21. The van der Waals surface area contributed by atoms with Gasteiger partial charge in [-0.15, -0.1) is 0 Å². The van der Waals surface area contributed by atoms with Crippen LogP contribution in [0.1, 0.15) is 55.4 Å². The fraction of sp³-hybridized carbons (Fsp3) is 0.636. The van der Waals surface area contributed by atoms with Crippen molar-refractivity contribution in [3.05, 3.63) is 45.8 Å². The van der Waals surface area contributed by atoms with Crippen molar-refractivity contribution in [1.29, 1.82) is 0 Å². The Hall–Kier alpha value is 0.372. The van der Waals surface area contributed by atoms with Crippen LogP contribution in [-0.4, -0.2) is 8.07 Å². The van der Waals surface area contributed by atoms with Crippen LogP contribution in [0.5, 0.6) is 0 Å². The van der Waals surface area contributed by atoms with Crippen LogP contribution in [0.3, 0.4) is 0 Å². The van der Waals surface area contributed by atoms with Gasteiger partial charge in [0.25, 0.3) is 0 Å². The van der Waals surface area contributed by atoms with E-state index in [0.717, 1.165) is 0 Å². The molecule has 2 aliphatic carbocycles. The predicted molar refractivity (Wildman–Crippen MR) is 104 cm³/mol. The zero-order valence-electron chi connectivity index (χ0n) is 18.8. The number of hydrogen-bond donors (Lipinski definition) is 0. The van der Waals surface area contributed by atoms with Gasteiger partial charge < -0.3 is 0 Å². The van der Waals surface area contributed by atoms with Crippen molar-refractivity contribution < 1.29 is 37.7 Å². The molecule has 2 aliphatic rings. The van der Waals surface area contributed by atoms with Crippen LogP contribution in [0.15, 0.2) is 33.7 Å². The van der Waals surface area contributed by atoms with E-state index in [9.17, 15) is 0 Å². The standard InChI is InChI=1S/C22H34Si.2Li/c1-15-11-17(21(3,4)5)19(13-15)23(9,10)20-14-16(2)12-18(20)22(6,7)8;;/h11-12,15-16H,1-10H3;;/q-2;2*+1. The van der Waals surface area contributed by atoms with Gasteiger partial charge in [0.05, 0.1) is 0 Å². The predicted octanol–water partition coefficient (Wildman–Crippen LogP) is 0.485. The molecule has 2 unspecified atom stereocenters. The van der Waals surface area contributed by atoms with Gasteiger partial charge in [0.15, 0.2) is 0 Å². The van der Waals surface area contributed by atoms with E-state index in [-0.39, 0.29) is 48.6 Å². The maximum absolute atomic E-state index is 3.81. The van der Waals surface area contributed by atoms with E-state index in [1.807, 2.05) is 0 Å². The minimum atomic E-state index is -1.79. The molecule has 0 spiro atoms. The molecule has 0 amide bonds. The van der Waals surface area contributed by atoms with Crippen molar-refractivity contribution in [3.63, 3.8) is 0 Å². The average Bonchev–Trinajstić information content (AvgIpc) is 2.91. The van der Waals surface area contributed by atoms with E-state index in [0.29, 0.717) is 11.8 Å². The van der Waals surface area contributed by atoms with Crippen LogP contribution in [-0.2, 0) is 0 Å². The molecule has 2 atom stereocenters. The first-order valence-electron chi connectivity index (χ1n) is 8.98. The van der Waals surface area contributed by atoms with Gasteiger partial charge in [-0.05, 0) is 0 Å². The number of allylic oxidation sites excluding steroid dienone is 8. The average molecular weight is 340 g/mol. The fourth-order valence-electron chi connectivity index (χ4n) is 3.77. The smallest absolute Gasteiger partial charge is 0.270 e. The second-order valence-corrected chi connectivity index (χ2v) is 14.2. The minimum Gasteiger partial charge on any atom is -0.270 e. The van der Waals surface area contributed by atoms with Crippen LogP contribution in [0.4, 0.5) is 0 Å². The molecule has 0 N–H and O–H groups in total. The minimum absolute atomic E-state index is 0. The molecular formula is C22H34Li2Si. The topological polar surface area (TPSA) is 0 Å². The summed E-state index contributed by atoms with van der Waals surface area (Å²) in [7, 11) is -1.79. The Morgan fingerprint density at radius 3 is 1.24 bits per heavy atom. The molecule has 0 aromatic carbocycles. The summed E-state index contributed by atoms with van der Waals surface area (Å²) in [5, 5.41) is 3.04. The molecule has 0 fully saturated rings. The Morgan fingerprint density at radius 1 is 0.720 bits per heavy atom. The van der Waals surface area contributed by atoms with E-state index in [2.05, 4.69) is 92.8 Å². The first-order chi connectivity index (χ1) is 10.2. The van der Waals surface area contributed by atoms with Crippen molar-refractivity contribution in [2.45, 2.75) is 68.5 Å². The van der Waals surface area contributed by atoms with Gasteiger partial charge in [0, 0.05) is 8.07 Å². The molecule has 0 nitrogen and oxygen atoms in total. The summed E-state index contributed by atoms with van der Waals surface area (Å²) in [6.07, 6.45) is 12.5. The second kappa shape index (κ2) is 8.17. The first kappa shape index (κ1) is 25.4. The van der Waals surface area contributed by atoms with Gasteiger partial charge in [0.2, 0.25) is 0 Å². The van der Waals surface area contributed by atoms with Gasteiger partial charge in [0.1, 0.15) is 0 Å². The van der Waals surface area contributed by atoms with Gasteiger partial charge in [-0.3, -0.25) is 12.2 Å². The Morgan fingerprint density at radius 2 is 1.00 bits per heavy atom. The van der Waals surface area contributed by atoms with Crippen molar-refractivity contribution in [1.82, 2.24) is 0 Å². The largest absolute Gasteiger partial charge is 1.00 e. The van der Waals surface area contributed by atoms with Gasteiger partial charge in [-0.2, -0.15) is 23.3 Å². The van der Waals surface area contributed by atoms with Crippen LogP contribution in [0.25, 0.3) is 0 Å². The normalized spacial score (nSPS) is 23.9. The zero-order valence-corrected chi connectivity index (χ0v) is 19.8. The monoisotopic (exact) mass is 340 g/mol. The molecule has 0 heterocycles. The quantitative estimate of drug-likeness (QED) is 0.507. The molecule has 25 heavy (non-hydrogen) atoms. The molecule has 2 rings (SSSR count). The molecular weight excluding hydrogens is 306 g/mol. The molecule has 0 aromatic heterocycles. The number of rotatable bonds is 2. The summed E-state index contributed by atoms with van der Waals surface area (Å²) in [6.45, 7) is 23.5. The van der Waals surface area contributed by atoms with Crippen molar-refractivity contribution in [3.8, 4) is 0 Å². The van der Waals surface area contributed by atoms with Crippen molar-refractivity contribution >= 4 is 8.07 Å². The number of hydrogen-bond acceptors (Lipinski definition) is 0. The Balaban J connectivity index is 0.00000288. The van der Waals surface area contributed by atoms with Crippen LogP contribution in [0.2, 0.25) is 13.1 Å². The Labute approximate surface area is 182 Å². The van der Waals surface area contributed by atoms with Gasteiger partial charge in [-0.1, -0.05) is 91.1 Å². The van der Waals surface area contributed by atoms with E-state index < -0.39 is 8.07 Å². The van der Waals surface area contributed by atoms with Crippen LogP contribution >= 0.6 is 0 Å². The van der Waals surface area contributed by atoms with Crippen LogP contribution < -0.4 is 37.7 Å².